The maximum Gasteiger partial charge on any atom is 0.170 e. The van der Waals surface area contributed by atoms with Gasteiger partial charge in [0.05, 0.1) is 7.11 Å². The van der Waals surface area contributed by atoms with E-state index in [4.69, 9.17) is 4.74 Å². The van der Waals surface area contributed by atoms with Crippen LogP contribution in [-0.2, 0) is 6.54 Å². The lowest BCUT2D eigenvalue weighted by Crippen LogP contribution is -2.07. The van der Waals surface area contributed by atoms with E-state index in [2.05, 4.69) is 20.5 Å². The molecule has 4 aromatic rings. The number of nitrogens with zero attached hydrogens (tertiary/aromatic N) is 4. The highest BCUT2D eigenvalue weighted by molar-refractivity contribution is 5.80. The van der Waals surface area contributed by atoms with Crippen molar-refractivity contribution in [3.8, 4) is 16.9 Å². The number of hydrogen-bond donors (Lipinski definition) is 1. The molecule has 1 N–H and O–H groups in total. The van der Waals surface area contributed by atoms with Gasteiger partial charge in [0.2, 0.25) is 0 Å². The van der Waals surface area contributed by atoms with E-state index in [1.54, 1.807) is 16.9 Å². The zero-order valence-corrected chi connectivity index (χ0v) is 15.3. The van der Waals surface area contributed by atoms with Crippen LogP contribution in [-0.4, -0.2) is 26.7 Å². The van der Waals surface area contributed by atoms with Crippen molar-refractivity contribution in [3.63, 3.8) is 0 Å². The molecule has 0 saturated carbocycles. The summed E-state index contributed by atoms with van der Waals surface area (Å²) in [4.78, 5) is 4.32. The van der Waals surface area contributed by atoms with Crippen molar-refractivity contribution in [2.24, 2.45) is 0 Å². The van der Waals surface area contributed by atoms with Gasteiger partial charge in [-0.05, 0) is 31.2 Å². The number of ether oxygens (including phenoxy) is 1. The maximum absolute atomic E-state index is 14.1. The van der Waals surface area contributed by atoms with E-state index in [1.807, 2.05) is 31.2 Å². The number of hydrogen-bond acceptors (Lipinski definition) is 5. The molecular weight excluding hydrogens is 364 g/mol. The summed E-state index contributed by atoms with van der Waals surface area (Å²) < 4.78 is 34.4. The van der Waals surface area contributed by atoms with E-state index >= 15 is 0 Å². The second-order valence-corrected chi connectivity index (χ2v) is 6.22. The molecule has 0 aliphatic rings. The van der Waals surface area contributed by atoms with Crippen LogP contribution in [0.1, 0.15) is 11.3 Å². The second-order valence-electron chi connectivity index (χ2n) is 6.22. The first-order chi connectivity index (χ1) is 13.6. The van der Waals surface area contributed by atoms with Crippen molar-refractivity contribution in [2.45, 2.75) is 13.5 Å². The Morgan fingerprint density at radius 3 is 2.75 bits per heavy atom. The Kier molecular flexibility index (Phi) is 4.60. The van der Waals surface area contributed by atoms with Crippen molar-refractivity contribution in [1.29, 1.82) is 0 Å². The topological polar surface area (TPSA) is 64.3 Å². The molecular formula is C20H17F2N5O. The molecule has 0 aliphatic carbocycles. The van der Waals surface area contributed by atoms with Gasteiger partial charge in [0.25, 0.3) is 0 Å². The Balaban J connectivity index is 1.68. The Morgan fingerprint density at radius 2 is 1.96 bits per heavy atom. The first-order valence-electron chi connectivity index (χ1n) is 8.59. The fourth-order valence-corrected chi connectivity index (χ4v) is 3.08. The molecule has 0 saturated heterocycles. The predicted octanol–water partition coefficient (Wildman–Crippen LogP) is 4.00. The van der Waals surface area contributed by atoms with Crippen molar-refractivity contribution >= 4 is 11.5 Å². The lowest BCUT2D eigenvalue weighted by Gasteiger charge is -2.13. The first-order valence-corrected chi connectivity index (χ1v) is 8.59. The van der Waals surface area contributed by atoms with Crippen LogP contribution in [0, 0.1) is 18.6 Å². The van der Waals surface area contributed by atoms with Crippen LogP contribution in [0.3, 0.4) is 0 Å². The van der Waals surface area contributed by atoms with Crippen LogP contribution in [0.4, 0.5) is 14.6 Å². The third-order valence-electron chi connectivity index (χ3n) is 4.53. The second kappa shape index (κ2) is 7.22. The molecule has 0 fully saturated rings. The summed E-state index contributed by atoms with van der Waals surface area (Å²) >= 11 is 0. The number of halogens is 2. The van der Waals surface area contributed by atoms with Gasteiger partial charge in [0.1, 0.15) is 18.0 Å². The number of pyridine rings is 2. The summed E-state index contributed by atoms with van der Waals surface area (Å²) in [6.45, 7) is 2.07. The summed E-state index contributed by atoms with van der Waals surface area (Å²) in [6, 6.07) is 9.77. The zero-order valence-electron chi connectivity index (χ0n) is 15.3. The van der Waals surface area contributed by atoms with E-state index in [0.717, 1.165) is 22.9 Å². The van der Waals surface area contributed by atoms with Crippen LogP contribution < -0.4 is 10.1 Å². The van der Waals surface area contributed by atoms with E-state index in [1.165, 1.54) is 13.2 Å². The number of nitrogens with one attached hydrogen (secondary N) is 1. The standard InChI is InChI=1S/C20H17F2N5O/c1-12-14(4-3-7-23-12)15-5-6-19(27-11-25-26-20(15)27)24-10-13-8-18(28-2)17(22)9-16(13)21/h3-9,11,24H,10H2,1-2H3. The van der Waals surface area contributed by atoms with Gasteiger partial charge < -0.3 is 10.1 Å². The van der Waals surface area contributed by atoms with Crippen LogP contribution in [0.15, 0.2) is 48.9 Å². The van der Waals surface area contributed by atoms with Gasteiger partial charge in [0.15, 0.2) is 17.2 Å². The van der Waals surface area contributed by atoms with Gasteiger partial charge in [-0.25, -0.2) is 8.78 Å². The Hall–Kier alpha value is -3.55. The number of fused-ring (bicyclic) bond motifs is 1. The first kappa shape index (κ1) is 17.8. The van der Waals surface area contributed by atoms with Crippen LogP contribution >= 0.6 is 0 Å². The summed E-state index contributed by atoms with van der Waals surface area (Å²) in [6.07, 6.45) is 3.32. The molecule has 0 bridgehead atoms. The molecule has 28 heavy (non-hydrogen) atoms. The molecule has 0 atom stereocenters. The average molecular weight is 381 g/mol. The fraction of sp³-hybridized carbons (Fsp3) is 0.150. The van der Waals surface area contributed by atoms with Crippen molar-refractivity contribution in [1.82, 2.24) is 19.6 Å². The van der Waals surface area contributed by atoms with Crippen molar-refractivity contribution in [2.75, 3.05) is 12.4 Å². The number of aryl methyl sites for hydroxylation is 1. The fourth-order valence-electron chi connectivity index (χ4n) is 3.08. The molecule has 0 unspecified atom stereocenters. The van der Waals surface area contributed by atoms with Gasteiger partial charge in [-0.3, -0.25) is 9.38 Å². The lowest BCUT2D eigenvalue weighted by molar-refractivity contribution is 0.383. The average Bonchev–Trinajstić information content (AvgIpc) is 3.18. The smallest absolute Gasteiger partial charge is 0.170 e. The number of rotatable bonds is 5. The SMILES string of the molecule is COc1cc(CNc2ccc(-c3cccnc3C)c3nncn23)c(F)cc1F. The summed E-state index contributed by atoms with van der Waals surface area (Å²) in [5.41, 5.74) is 3.67. The van der Waals surface area contributed by atoms with Crippen molar-refractivity contribution < 1.29 is 13.5 Å². The highest BCUT2D eigenvalue weighted by Gasteiger charge is 2.14. The Labute approximate surface area is 159 Å². The number of aromatic nitrogens is 4. The predicted molar refractivity (Wildman–Crippen MR) is 101 cm³/mol. The van der Waals surface area contributed by atoms with Crippen LogP contribution in [0.25, 0.3) is 16.8 Å². The summed E-state index contributed by atoms with van der Waals surface area (Å²) in [5.74, 6) is -0.711. The monoisotopic (exact) mass is 381 g/mol. The summed E-state index contributed by atoms with van der Waals surface area (Å²) in [7, 11) is 1.34. The molecule has 0 aliphatic heterocycles. The van der Waals surface area contributed by atoms with Crippen molar-refractivity contribution in [3.05, 3.63) is 71.8 Å². The molecule has 3 heterocycles. The quantitative estimate of drug-likeness (QED) is 0.566. The number of benzene rings is 1. The number of methoxy groups -OCH3 is 1. The van der Waals surface area contributed by atoms with E-state index < -0.39 is 11.6 Å². The minimum absolute atomic E-state index is 0.00459. The van der Waals surface area contributed by atoms with E-state index in [-0.39, 0.29) is 17.9 Å². The summed E-state index contributed by atoms with van der Waals surface area (Å²) in [5, 5.41) is 11.4. The molecule has 1 aromatic carbocycles. The van der Waals surface area contributed by atoms with Gasteiger partial charge in [-0.1, -0.05) is 6.07 Å². The highest BCUT2D eigenvalue weighted by atomic mass is 19.1. The minimum atomic E-state index is -0.735. The third-order valence-corrected chi connectivity index (χ3v) is 4.53. The Bertz CT molecular complexity index is 1160. The molecule has 0 radical (unpaired) electrons. The minimum Gasteiger partial charge on any atom is -0.494 e. The Morgan fingerprint density at radius 1 is 1.11 bits per heavy atom. The molecule has 6 nitrogen and oxygen atoms in total. The zero-order chi connectivity index (χ0) is 19.7. The molecule has 0 amide bonds. The van der Waals surface area contributed by atoms with Gasteiger partial charge >= 0.3 is 0 Å². The van der Waals surface area contributed by atoms with Gasteiger partial charge in [0, 0.05) is 41.2 Å². The molecule has 8 heteroatoms. The molecule has 0 spiro atoms. The number of anilines is 1. The maximum atomic E-state index is 14.1. The van der Waals surface area contributed by atoms with E-state index in [0.29, 0.717) is 11.5 Å². The van der Waals surface area contributed by atoms with Gasteiger partial charge in [-0.2, -0.15) is 0 Å². The highest BCUT2D eigenvalue weighted by Crippen LogP contribution is 2.28. The van der Waals surface area contributed by atoms with Gasteiger partial charge in [-0.15, -0.1) is 10.2 Å². The molecule has 142 valence electrons. The van der Waals surface area contributed by atoms with Crippen LogP contribution in [0.2, 0.25) is 0 Å². The largest absolute Gasteiger partial charge is 0.494 e. The lowest BCUT2D eigenvalue weighted by atomic mass is 10.1. The van der Waals surface area contributed by atoms with E-state index in [9.17, 15) is 8.78 Å². The normalized spacial score (nSPS) is 11.0. The third kappa shape index (κ3) is 3.13. The van der Waals surface area contributed by atoms with Crippen LogP contribution in [0.5, 0.6) is 5.75 Å². The molecule has 4 rings (SSSR count). The molecule has 3 aromatic heterocycles.